The van der Waals surface area contributed by atoms with E-state index in [1.807, 2.05) is 87.5 Å². The molecule has 0 aliphatic carbocycles. The summed E-state index contributed by atoms with van der Waals surface area (Å²) in [5.74, 6) is 4.87. The summed E-state index contributed by atoms with van der Waals surface area (Å²) in [5, 5.41) is 112. The van der Waals surface area contributed by atoms with Crippen LogP contribution >= 0.6 is 0 Å². The van der Waals surface area contributed by atoms with Gasteiger partial charge in [-0.15, -0.1) is 0 Å². The van der Waals surface area contributed by atoms with Crippen LogP contribution in [0.2, 0.25) is 0 Å². The summed E-state index contributed by atoms with van der Waals surface area (Å²) < 4.78 is 0. The highest BCUT2D eigenvalue weighted by atomic mass is 16.4. The van der Waals surface area contributed by atoms with E-state index in [9.17, 15) is 50.8 Å². The first kappa shape index (κ1) is 57.9. The predicted octanol–water partition coefficient (Wildman–Crippen LogP) is 7.40. The SMILES string of the molecule is CCCCC(O)C(O)C=CC1=C(CC(O)CO)C2CCC(O)C3NC(C)CCC(C(O)Cc4ccc(cc4)CC(C(C)(O)C(CCC(C)C)c4ccc(O)cc4)(CC#Cc4ccccc4CC1)N2)C3CC(=O)O. The van der Waals surface area contributed by atoms with Gasteiger partial charge in [-0.05, 0) is 154 Å². The van der Waals surface area contributed by atoms with Crippen LogP contribution in [0.5, 0.6) is 5.75 Å². The number of aliphatic hydroxyl groups excluding tert-OH is 6. The van der Waals surface area contributed by atoms with Gasteiger partial charge in [0.1, 0.15) is 5.75 Å². The van der Waals surface area contributed by atoms with E-state index >= 15 is 0 Å². The summed E-state index contributed by atoms with van der Waals surface area (Å²) >= 11 is 0. The number of aromatic hydroxyl groups is 1. The number of carboxylic acid groups (broad SMARTS) is 1. The Labute approximate surface area is 434 Å². The maximum atomic E-state index is 14.1. The molecule has 3 aromatic carbocycles. The number of fused-ring (bicyclic) bond motifs is 6. The molecule has 12 nitrogen and oxygen atoms in total. The summed E-state index contributed by atoms with van der Waals surface area (Å²) in [5.41, 5.74) is 2.81. The van der Waals surface area contributed by atoms with E-state index in [4.69, 9.17) is 0 Å². The third-order valence-corrected chi connectivity index (χ3v) is 16.4. The van der Waals surface area contributed by atoms with Crippen LogP contribution < -0.4 is 10.6 Å². The van der Waals surface area contributed by atoms with Gasteiger partial charge < -0.3 is 56.6 Å². The Morgan fingerprint density at radius 1 is 0.904 bits per heavy atom. The molecule has 7 rings (SSSR count). The number of benzene rings is 3. The van der Waals surface area contributed by atoms with Gasteiger partial charge in [-0.25, -0.2) is 0 Å². The van der Waals surface area contributed by atoms with Crippen LogP contribution in [0.3, 0.4) is 0 Å². The maximum absolute atomic E-state index is 14.1. The van der Waals surface area contributed by atoms with Crippen molar-refractivity contribution in [2.75, 3.05) is 6.61 Å². The van der Waals surface area contributed by atoms with Crippen molar-refractivity contribution in [1.82, 2.24) is 10.6 Å². The zero-order valence-corrected chi connectivity index (χ0v) is 44.0. The normalized spacial score (nSPS) is 27.8. The second-order valence-electron chi connectivity index (χ2n) is 22.3. The molecule has 1 saturated heterocycles. The molecule has 0 saturated carbocycles. The number of unbranched alkanes of at least 4 members (excludes halogenated alkanes) is 1. The third kappa shape index (κ3) is 15.4. The summed E-state index contributed by atoms with van der Waals surface area (Å²) in [4.78, 5) is 12.7. The van der Waals surface area contributed by atoms with Gasteiger partial charge >= 0.3 is 5.97 Å². The molecule has 4 aliphatic heterocycles. The number of aryl methyl sites for hydroxylation is 1. The topological polar surface area (TPSA) is 223 Å². The molecule has 0 radical (unpaired) electrons. The van der Waals surface area contributed by atoms with Crippen molar-refractivity contribution >= 4 is 5.97 Å². The van der Waals surface area contributed by atoms with Crippen LogP contribution in [-0.2, 0) is 24.1 Å². The lowest BCUT2D eigenvalue weighted by molar-refractivity contribution is -0.139. The Morgan fingerprint density at radius 2 is 1.62 bits per heavy atom. The van der Waals surface area contributed by atoms with Crippen molar-refractivity contribution in [3.8, 4) is 17.6 Å². The minimum Gasteiger partial charge on any atom is -0.508 e. The monoisotopic (exact) mass is 1010 g/mol. The molecule has 4 aliphatic rings. The highest BCUT2D eigenvalue weighted by molar-refractivity contribution is 5.67. The largest absolute Gasteiger partial charge is 0.508 e. The average Bonchev–Trinajstić information content (AvgIpc) is 3.51. The van der Waals surface area contributed by atoms with E-state index in [0.717, 1.165) is 52.7 Å². The highest BCUT2D eigenvalue weighted by Gasteiger charge is 2.53. The van der Waals surface area contributed by atoms with Crippen molar-refractivity contribution in [3.63, 3.8) is 0 Å². The summed E-state index contributed by atoms with van der Waals surface area (Å²) in [7, 11) is 0. The Hall–Kier alpha value is -4.39. The van der Waals surface area contributed by atoms with Gasteiger partial charge in [-0.1, -0.05) is 119 Å². The molecule has 13 atom stereocenters. The fraction of sp³-hybridized carbons (Fsp3) is 0.590. The van der Waals surface area contributed by atoms with Crippen LogP contribution in [0.15, 0.2) is 96.1 Å². The molecule has 4 heterocycles. The zero-order valence-electron chi connectivity index (χ0n) is 44.0. The maximum Gasteiger partial charge on any atom is 0.303 e. The van der Waals surface area contributed by atoms with Gasteiger partial charge in [-0.3, -0.25) is 4.79 Å². The molecule has 13 unspecified atom stereocenters. The van der Waals surface area contributed by atoms with E-state index in [2.05, 4.69) is 36.3 Å². The molecular formula is C61H86N2O10. The van der Waals surface area contributed by atoms with Gasteiger partial charge in [0.05, 0.1) is 54.7 Å². The molecular weight excluding hydrogens is 921 g/mol. The number of hydrogen-bond donors (Lipinski definition) is 11. The molecule has 11 N–H and O–H groups in total. The third-order valence-electron chi connectivity index (χ3n) is 16.4. The number of aliphatic hydroxyl groups is 7. The van der Waals surface area contributed by atoms with Gasteiger partial charge in [0.2, 0.25) is 0 Å². The summed E-state index contributed by atoms with van der Waals surface area (Å²) in [6.45, 7) is 9.65. The average molecular weight is 1010 g/mol. The second kappa shape index (κ2) is 26.9. The second-order valence-corrected chi connectivity index (χ2v) is 22.3. The smallest absolute Gasteiger partial charge is 0.303 e. The van der Waals surface area contributed by atoms with Crippen LogP contribution in [0.25, 0.3) is 0 Å². The van der Waals surface area contributed by atoms with Gasteiger partial charge in [-0.2, -0.15) is 0 Å². The van der Waals surface area contributed by atoms with E-state index in [0.29, 0.717) is 44.1 Å². The first-order chi connectivity index (χ1) is 34.8. The first-order valence-electron chi connectivity index (χ1n) is 27.2. The fourth-order valence-corrected chi connectivity index (χ4v) is 12.0. The van der Waals surface area contributed by atoms with Crippen molar-refractivity contribution < 1.29 is 50.8 Å². The van der Waals surface area contributed by atoms with E-state index in [-0.39, 0.29) is 62.7 Å². The lowest BCUT2D eigenvalue weighted by Crippen LogP contribution is -2.67. The predicted molar refractivity (Wildman–Crippen MR) is 287 cm³/mol. The van der Waals surface area contributed by atoms with Crippen molar-refractivity contribution in [3.05, 3.63) is 124 Å². The van der Waals surface area contributed by atoms with Gasteiger partial charge in [0, 0.05) is 36.0 Å². The standard InChI is InChI=1S/C61H86N2O10/c1-6-7-14-54(67)55(68)31-25-45-22-21-44-12-9-8-11-43(44)13-10-33-61(60(5,73)52(29-15-39(2)3)46-23-26-47(65)27-24-46)37-42-19-17-41(18-20-42)34-57(70)49-28-16-40(4)62-59(51(49)36-58(71)72)56(69)32-30-53(63-61)50(45)35-48(66)38-64/h8-9,11-12,17-20,23-27,31,39-40,48-49,51-57,59,62-70,73H,6-7,14-16,21-22,28-30,32-38H2,1-5H3,(H,71,72). The van der Waals surface area contributed by atoms with Crippen molar-refractivity contribution in [2.45, 2.75) is 203 Å². The number of allylic oxidation sites excluding steroid dienone is 2. The molecule has 12 heteroatoms. The van der Waals surface area contributed by atoms with Crippen LogP contribution in [0.1, 0.15) is 152 Å². The minimum atomic E-state index is -1.64. The van der Waals surface area contributed by atoms with Crippen molar-refractivity contribution in [1.29, 1.82) is 0 Å². The molecule has 0 aromatic heterocycles. The van der Waals surface area contributed by atoms with Crippen LogP contribution in [0, 0.1) is 29.6 Å². The lowest BCUT2D eigenvalue weighted by Gasteiger charge is -2.52. The number of phenolic OH excluding ortho intramolecular Hbond substituents is 1. The van der Waals surface area contributed by atoms with Crippen molar-refractivity contribution in [2.24, 2.45) is 17.8 Å². The molecule has 3 aromatic rings. The first-order valence-corrected chi connectivity index (χ1v) is 27.2. The summed E-state index contributed by atoms with van der Waals surface area (Å²) in [6, 6.07) is 21.4. The Bertz CT molecular complexity index is 2340. The van der Waals surface area contributed by atoms with Gasteiger partial charge in [0.25, 0.3) is 0 Å². The van der Waals surface area contributed by atoms with Crippen LogP contribution in [0.4, 0.5) is 0 Å². The van der Waals surface area contributed by atoms with Gasteiger partial charge in [0.15, 0.2) is 0 Å². The Morgan fingerprint density at radius 3 is 2.30 bits per heavy atom. The Balaban J connectivity index is 1.69. The Kier molecular flexibility index (Phi) is 21.3. The minimum absolute atomic E-state index is 0.0258. The molecule has 0 amide bonds. The zero-order chi connectivity index (χ0) is 52.9. The van der Waals surface area contributed by atoms with E-state index in [1.54, 1.807) is 18.2 Å². The summed E-state index contributed by atoms with van der Waals surface area (Å²) in [6.07, 6.45) is 4.15. The lowest BCUT2D eigenvalue weighted by atomic mass is 9.64. The molecule has 73 heavy (non-hydrogen) atoms. The van der Waals surface area contributed by atoms with E-state index < -0.39 is 84.1 Å². The quantitative estimate of drug-likeness (QED) is 0.0596. The number of hydrogen-bond acceptors (Lipinski definition) is 11. The molecule has 1 fully saturated rings. The molecule has 400 valence electrons. The molecule has 0 spiro atoms. The number of phenols is 1. The fourth-order valence-electron chi connectivity index (χ4n) is 12.0. The van der Waals surface area contributed by atoms with Crippen LogP contribution in [-0.4, -0.2) is 118 Å². The molecule has 6 bridgehead atoms. The van der Waals surface area contributed by atoms with E-state index in [1.165, 1.54) is 0 Å². The highest BCUT2D eigenvalue weighted by Crippen LogP contribution is 2.46. The number of nitrogens with one attached hydrogen (secondary N) is 2. The number of carboxylic acids is 1. The number of rotatable bonds is 17. The number of carbonyl (C=O) groups is 1. The number of aliphatic carboxylic acids is 1.